The summed E-state index contributed by atoms with van der Waals surface area (Å²) in [7, 11) is 0. The van der Waals surface area contributed by atoms with Crippen molar-refractivity contribution in [2.75, 3.05) is 0 Å². The molecule has 0 aliphatic rings. The average molecular weight is 394 g/mol. The highest BCUT2D eigenvalue weighted by Gasteiger charge is 2.18. The van der Waals surface area contributed by atoms with Gasteiger partial charge in [0, 0.05) is 32.8 Å². The van der Waals surface area contributed by atoms with E-state index in [4.69, 9.17) is 0 Å². The van der Waals surface area contributed by atoms with Crippen LogP contribution in [0.2, 0.25) is 0 Å². The van der Waals surface area contributed by atoms with Crippen LogP contribution in [0.25, 0.3) is 38.2 Å². The molecule has 0 saturated carbocycles. The standard InChI is InChI=1S/C18H8BrN3O3/c19-13-6-5-12-16-10(13)2-1-3-11(16)17-20-14-7-4-9(22(24)25)8-15(14)21(17)18(12)23/h1-8H. The Labute approximate surface area is 147 Å². The quantitative estimate of drug-likeness (QED) is 0.314. The molecule has 0 saturated heterocycles. The van der Waals surface area contributed by atoms with Crippen LogP contribution in [0.5, 0.6) is 0 Å². The number of fused-ring (bicyclic) bond motifs is 4. The van der Waals surface area contributed by atoms with Crippen molar-refractivity contribution in [1.82, 2.24) is 9.38 Å². The lowest BCUT2D eigenvalue weighted by molar-refractivity contribution is -0.384. The van der Waals surface area contributed by atoms with Crippen molar-refractivity contribution in [2.45, 2.75) is 0 Å². The number of nitro groups is 1. The highest BCUT2D eigenvalue weighted by Crippen LogP contribution is 2.33. The van der Waals surface area contributed by atoms with E-state index in [1.807, 2.05) is 24.3 Å². The molecule has 0 unspecified atom stereocenters. The third-order valence-electron chi connectivity index (χ3n) is 4.51. The van der Waals surface area contributed by atoms with Gasteiger partial charge in [-0.15, -0.1) is 0 Å². The molecule has 3 aromatic carbocycles. The zero-order chi connectivity index (χ0) is 17.3. The number of non-ortho nitro benzene ring substituents is 1. The van der Waals surface area contributed by atoms with Crippen LogP contribution in [0.1, 0.15) is 0 Å². The van der Waals surface area contributed by atoms with Crippen LogP contribution < -0.4 is 5.56 Å². The first-order valence-corrected chi connectivity index (χ1v) is 8.29. The van der Waals surface area contributed by atoms with E-state index in [0.29, 0.717) is 22.1 Å². The second-order valence-corrected chi connectivity index (χ2v) is 6.68. The monoisotopic (exact) mass is 393 g/mol. The smallest absolute Gasteiger partial charge is 0.268 e. The Morgan fingerprint density at radius 2 is 1.84 bits per heavy atom. The molecule has 0 bridgehead atoms. The van der Waals surface area contributed by atoms with E-state index in [0.717, 1.165) is 20.6 Å². The largest absolute Gasteiger partial charge is 0.271 e. The van der Waals surface area contributed by atoms with Crippen molar-refractivity contribution < 1.29 is 4.92 Å². The Morgan fingerprint density at radius 1 is 1.04 bits per heavy atom. The fraction of sp³-hybridized carbons (Fsp3) is 0. The lowest BCUT2D eigenvalue weighted by Crippen LogP contribution is -2.13. The molecule has 2 heterocycles. The highest BCUT2D eigenvalue weighted by atomic mass is 79.9. The predicted molar refractivity (Wildman–Crippen MR) is 99.5 cm³/mol. The SMILES string of the molecule is O=c1c2ccc(Br)c3cccc(c32)c2nc3ccc([N+](=O)[O-])cc3n12. The normalized spacial score (nSPS) is 11.9. The van der Waals surface area contributed by atoms with Crippen LogP contribution in [-0.2, 0) is 0 Å². The minimum absolute atomic E-state index is 0.0668. The van der Waals surface area contributed by atoms with Gasteiger partial charge >= 0.3 is 0 Å². The number of imidazole rings is 1. The molecular weight excluding hydrogens is 386 g/mol. The number of nitro benzene ring substituents is 1. The van der Waals surface area contributed by atoms with Gasteiger partial charge in [-0.05, 0) is 23.6 Å². The van der Waals surface area contributed by atoms with Crippen LogP contribution in [0.4, 0.5) is 5.69 Å². The Bertz CT molecular complexity index is 1410. The first-order valence-electron chi connectivity index (χ1n) is 7.49. The molecule has 0 amide bonds. The van der Waals surface area contributed by atoms with Gasteiger partial charge in [0.25, 0.3) is 11.2 Å². The number of hydrogen-bond acceptors (Lipinski definition) is 4. The minimum atomic E-state index is -0.474. The van der Waals surface area contributed by atoms with E-state index in [-0.39, 0.29) is 11.2 Å². The van der Waals surface area contributed by atoms with Crippen LogP contribution >= 0.6 is 15.9 Å². The van der Waals surface area contributed by atoms with E-state index >= 15 is 0 Å². The van der Waals surface area contributed by atoms with Gasteiger partial charge in [0.2, 0.25) is 0 Å². The fourth-order valence-electron chi connectivity index (χ4n) is 3.42. The molecule has 0 aliphatic carbocycles. The number of pyridine rings is 1. The summed E-state index contributed by atoms with van der Waals surface area (Å²) in [5.74, 6) is 0. The third kappa shape index (κ3) is 1.78. The van der Waals surface area contributed by atoms with Crippen molar-refractivity contribution in [3.8, 4) is 0 Å². The number of rotatable bonds is 1. The van der Waals surface area contributed by atoms with Gasteiger partial charge in [0.05, 0.1) is 16.0 Å². The fourth-order valence-corrected chi connectivity index (χ4v) is 3.88. The molecule has 5 rings (SSSR count). The maximum Gasteiger partial charge on any atom is 0.271 e. The molecule has 0 fully saturated rings. The van der Waals surface area contributed by atoms with Crippen LogP contribution in [0.3, 0.4) is 0 Å². The van der Waals surface area contributed by atoms with Crippen molar-refractivity contribution in [3.05, 3.63) is 73.5 Å². The molecule has 0 spiro atoms. The molecule has 5 aromatic rings. The van der Waals surface area contributed by atoms with Gasteiger partial charge in [0.15, 0.2) is 0 Å². The second-order valence-electron chi connectivity index (χ2n) is 5.83. The summed E-state index contributed by atoms with van der Waals surface area (Å²) in [5.41, 5.74) is 1.21. The molecule has 0 aliphatic heterocycles. The van der Waals surface area contributed by atoms with Gasteiger partial charge in [-0.1, -0.05) is 34.1 Å². The molecule has 6 nitrogen and oxygen atoms in total. The van der Waals surface area contributed by atoms with E-state index in [1.54, 1.807) is 12.1 Å². The van der Waals surface area contributed by atoms with E-state index in [2.05, 4.69) is 20.9 Å². The third-order valence-corrected chi connectivity index (χ3v) is 5.20. The first kappa shape index (κ1) is 14.3. The Morgan fingerprint density at radius 3 is 2.64 bits per heavy atom. The summed E-state index contributed by atoms with van der Waals surface area (Å²) in [6.45, 7) is 0. The molecule has 0 radical (unpaired) electrons. The number of aromatic nitrogens is 2. The van der Waals surface area contributed by atoms with Crippen LogP contribution in [0, 0.1) is 10.1 Å². The highest BCUT2D eigenvalue weighted by molar-refractivity contribution is 9.10. The summed E-state index contributed by atoms with van der Waals surface area (Å²) in [5, 5.41) is 14.3. The number of hydrogen-bond donors (Lipinski definition) is 0. The summed E-state index contributed by atoms with van der Waals surface area (Å²) in [6, 6.07) is 13.8. The van der Waals surface area contributed by atoms with Gasteiger partial charge in [-0.2, -0.15) is 0 Å². The Hall–Kier alpha value is -3.06. The van der Waals surface area contributed by atoms with E-state index in [9.17, 15) is 14.9 Å². The summed E-state index contributed by atoms with van der Waals surface area (Å²) in [4.78, 5) is 28.3. The molecular formula is C18H8BrN3O3. The van der Waals surface area contributed by atoms with Crippen molar-refractivity contribution in [3.63, 3.8) is 0 Å². The predicted octanol–water partition coefficient (Wildman–Crippen LogP) is 4.26. The summed E-state index contributed by atoms with van der Waals surface area (Å²) < 4.78 is 2.37. The summed E-state index contributed by atoms with van der Waals surface area (Å²) >= 11 is 3.53. The van der Waals surface area contributed by atoms with Gasteiger partial charge in [-0.25, -0.2) is 4.98 Å². The topological polar surface area (TPSA) is 77.5 Å². The average Bonchev–Trinajstić information content (AvgIpc) is 2.99. The summed E-state index contributed by atoms with van der Waals surface area (Å²) in [6.07, 6.45) is 0. The Kier molecular flexibility index (Phi) is 2.71. The first-order chi connectivity index (χ1) is 12.1. The van der Waals surface area contributed by atoms with Crippen LogP contribution in [-0.4, -0.2) is 14.3 Å². The second kappa shape index (κ2) is 4.73. The number of halogens is 1. The van der Waals surface area contributed by atoms with Gasteiger partial charge in [-0.3, -0.25) is 19.3 Å². The van der Waals surface area contributed by atoms with Crippen molar-refractivity contribution >= 4 is 59.8 Å². The van der Waals surface area contributed by atoms with E-state index in [1.165, 1.54) is 16.5 Å². The minimum Gasteiger partial charge on any atom is -0.268 e. The molecule has 120 valence electrons. The number of benzene rings is 3. The maximum atomic E-state index is 13.1. The van der Waals surface area contributed by atoms with Crippen molar-refractivity contribution in [1.29, 1.82) is 0 Å². The molecule has 7 heteroatoms. The molecule has 2 aromatic heterocycles. The molecule has 0 N–H and O–H groups in total. The lowest BCUT2D eigenvalue weighted by atomic mass is 10.0. The maximum absolute atomic E-state index is 13.1. The van der Waals surface area contributed by atoms with Gasteiger partial charge < -0.3 is 0 Å². The zero-order valence-corrected chi connectivity index (χ0v) is 14.1. The molecule has 25 heavy (non-hydrogen) atoms. The number of nitrogens with zero attached hydrogens (tertiary/aromatic N) is 3. The lowest BCUT2D eigenvalue weighted by Gasteiger charge is -2.08. The van der Waals surface area contributed by atoms with Crippen molar-refractivity contribution in [2.24, 2.45) is 0 Å². The zero-order valence-electron chi connectivity index (χ0n) is 12.6. The Balaban J connectivity index is 2.12. The van der Waals surface area contributed by atoms with Crippen LogP contribution in [0.15, 0.2) is 57.8 Å². The molecule has 0 atom stereocenters. The van der Waals surface area contributed by atoms with Gasteiger partial charge in [0.1, 0.15) is 5.65 Å². The van der Waals surface area contributed by atoms with E-state index < -0.39 is 4.92 Å².